The zero-order valence-corrected chi connectivity index (χ0v) is 19.0. The highest BCUT2D eigenvalue weighted by Gasteiger charge is 2.32. The molecule has 2 aromatic carbocycles. The highest BCUT2D eigenvalue weighted by atomic mass is 79.9. The lowest BCUT2D eigenvalue weighted by molar-refractivity contribution is -0.132. The molecular formula is C21H24BrN3O4S. The Kier molecular flexibility index (Phi) is 7.27. The smallest absolute Gasteiger partial charge is 0.251 e. The maximum atomic E-state index is 12.7. The Morgan fingerprint density at radius 1 is 1.07 bits per heavy atom. The SMILES string of the molecule is CNC(=O)c1ccc(CN(C(=O)CCNS(=O)(=O)c2ccc(Br)cc2)C2CC2)cc1. The number of halogens is 1. The van der Waals surface area contributed by atoms with Crippen LogP contribution in [0, 0.1) is 0 Å². The van der Waals surface area contributed by atoms with Crippen LogP contribution in [0.5, 0.6) is 0 Å². The minimum absolute atomic E-state index is 0.0378. The van der Waals surface area contributed by atoms with Gasteiger partial charge in [0.2, 0.25) is 15.9 Å². The monoisotopic (exact) mass is 493 g/mol. The van der Waals surface area contributed by atoms with Crippen LogP contribution in [0.2, 0.25) is 0 Å². The standard InChI is InChI=1S/C21H24BrN3O4S/c1-23-21(27)16-4-2-15(3-5-16)14-25(18-8-9-18)20(26)12-13-24-30(28,29)19-10-6-17(22)7-11-19/h2-7,10-11,18,24H,8-9,12-14H2,1H3,(H,23,27). The van der Waals surface area contributed by atoms with Gasteiger partial charge in [0.15, 0.2) is 0 Å². The molecule has 0 radical (unpaired) electrons. The highest BCUT2D eigenvalue weighted by molar-refractivity contribution is 9.10. The van der Waals surface area contributed by atoms with E-state index in [1.54, 1.807) is 36.2 Å². The molecule has 0 spiro atoms. The van der Waals surface area contributed by atoms with Gasteiger partial charge < -0.3 is 10.2 Å². The zero-order valence-electron chi connectivity index (χ0n) is 16.6. The Morgan fingerprint density at radius 3 is 2.27 bits per heavy atom. The van der Waals surface area contributed by atoms with Gasteiger partial charge in [0.05, 0.1) is 4.90 Å². The molecule has 0 bridgehead atoms. The molecule has 1 fully saturated rings. The summed E-state index contributed by atoms with van der Waals surface area (Å²) in [5, 5.41) is 2.58. The third kappa shape index (κ3) is 5.90. The third-order valence-corrected chi connectivity index (χ3v) is 6.86. The third-order valence-electron chi connectivity index (χ3n) is 4.86. The average Bonchev–Trinajstić information content (AvgIpc) is 3.57. The molecule has 9 heteroatoms. The van der Waals surface area contributed by atoms with Crippen molar-refractivity contribution in [2.75, 3.05) is 13.6 Å². The molecule has 2 aromatic rings. The van der Waals surface area contributed by atoms with E-state index in [0.29, 0.717) is 12.1 Å². The zero-order chi connectivity index (χ0) is 21.7. The van der Waals surface area contributed by atoms with Gasteiger partial charge in [0.1, 0.15) is 0 Å². The fraction of sp³-hybridized carbons (Fsp3) is 0.333. The van der Waals surface area contributed by atoms with Crippen molar-refractivity contribution >= 4 is 37.8 Å². The molecule has 1 aliphatic carbocycles. The minimum atomic E-state index is -3.66. The topological polar surface area (TPSA) is 95.6 Å². The molecule has 0 unspecified atom stereocenters. The van der Waals surface area contributed by atoms with Crippen LogP contribution >= 0.6 is 15.9 Å². The second-order valence-corrected chi connectivity index (χ2v) is 9.81. The van der Waals surface area contributed by atoms with E-state index < -0.39 is 10.0 Å². The van der Waals surface area contributed by atoms with Gasteiger partial charge in [-0.25, -0.2) is 13.1 Å². The fourth-order valence-corrected chi connectivity index (χ4v) is 4.34. The predicted octanol–water partition coefficient (Wildman–Crippen LogP) is 2.67. The predicted molar refractivity (Wildman–Crippen MR) is 117 cm³/mol. The summed E-state index contributed by atoms with van der Waals surface area (Å²) in [5.74, 6) is -0.249. The minimum Gasteiger partial charge on any atom is -0.355 e. The Bertz CT molecular complexity index is 1000. The second kappa shape index (κ2) is 9.72. The molecule has 2 amide bonds. The molecule has 3 rings (SSSR count). The van der Waals surface area contributed by atoms with Gasteiger partial charge in [-0.1, -0.05) is 28.1 Å². The summed E-state index contributed by atoms with van der Waals surface area (Å²) >= 11 is 3.28. The highest BCUT2D eigenvalue weighted by Crippen LogP contribution is 2.29. The van der Waals surface area contributed by atoms with E-state index in [4.69, 9.17) is 0 Å². The first kappa shape index (κ1) is 22.5. The average molecular weight is 494 g/mol. The van der Waals surface area contributed by atoms with E-state index in [0.717, 1.165) is 22.9 Å². The number of hydrogen-bond acceptors (Lipinski definition) is 4. The van der Waals surface area contributed by atoms with Gasteiger partial charge >= 0.3 is 0 Å². The molecule has 160 valence electrons. The Labute approximate surface area is 185 Å². The summed E-state index contributed by atoms with van der Waals surface area (Å²) < 4.78 is 28.0. The van der Waals surface area contributed by atoms with E-state index in [-0.39, 0.29) is 35.7 Å². The number of hydrogen-bond donors (Lipinski definition) is 2. The first-order valence-electron chi connectivity index (χ1n) is 9.66. The van der Waals surface area contributed by atoms with Crippen molar-refractivity contribution in [1.29, 1.82) is 0 Å². The summed E-state index contributed by atoms with van der Waals surface area (Å²) in [6.07, 6.45) is 1.99. The summed E-state index contributed by atoms with van der Waals surface area (Å²) in [7, 11) is -2.08. The summed E-state index contributed by atoms with van der Waals surface area (Å²) in [6.45, 7) is 0.479. The van der Waals surface area contributed by atoms with Crippen LogP contribution in [-0.4, -0.2) is 44.8 Å². The van der Waals surface area contributed by atoms with Crippen molar-refractivity contribution in [3.8, 4) is 0 Å². The van der Waals surface area contributed by atoms with E-state index in [2.05, 4.69) is 26.0 Å². The summed E-state index contributed by atoms with van der Waals surface area (Å²) in [6, 6.07) is 13.7. The molecule has 1 aliphatic rings. The number of amides is 2. The van der Waals surface area contributed by atoms with Gasteiger partial charge in [-0.05, 0) is 54.8 Å². The van der Waals surface area contributed by atoms with Gasteiger partial charge in [0.25, 0.3) is 5.91 Å². The van der Waals surface area contributed by atoms with Crippen LogP contribution in [0.3, 0.4) is 0 Å². The van der Waals surface area contributed by atoms with Crippen molar-refractivity contribution < 1.29 is 18.0 Å². The number of nitrogens with zero attached hydrogens (tertiary/aromatic N) is 1. The van der Waals surface area contributed by atoms with Crippen molar-refractivity contribution in [2.45, 2.75) is 36.7 Å². The van der Waals surface area contributed by atoms with Crippen molar-refractivity contribution in [2.24, 2.45) is 0 Å². The Morgan fingerprint density at radius 2 is 1.70 bits per heavy atom. The number of rotatable bonds is 9. The lowest BCUT2D eigenvalue weighted by atomic mass is 10.1. The van der Waals surface area contributed by atoms with E-state index in [1.165, 1.54) is 12.1 Å². The largest absolute Gasteiger partial charge is 0.355 e. The van der Waals surface area contributed by atoms with Gasteiger partial charge in [-0.3, -0.25) is 9.59 Å². The fourth-order valence-electron chi connectivity index (χ4n) is 3.04. The molecular weight excluding hydrogens is 470 g/mol. The molecule has 0 atom stereocenters. The van der Waals surface area contributed by atoms with Crippen LogP contribution in [0.4, 0.5) is 0 Å². The quantitative estimate of drug-likeness (QED) is 0.561. The Balaban J connectivity index is 1.57. The van der Waals surface area contributed by atoms with Gasteiger partial charge in [-0.15, -0.1) is 0 Å². The molecule has 30 heavy (non-hydrogen) atoms. The molecule has 7 nitrogen and oxygen atoms in total. The van der Waals surface area contributed by atoms with Crippen LogP contribution < -0.4 is 10.0 Å². The molecule has 1 saturated carbocycles. The number of carbonyl (C=O) groups excluding carboxylic acids is 2. The van der Waals surface area contributed by atoms with Crippen molar-refractivity contribution in [1.82, 2.24) is 14.9 Å². The van der Waals surface area contributed by atoms with E-state index in [9.17, 15) is 18.0 Å². The molecule has 0 aromatic heterocycles. The van der Waals surface area contributed by atoms with Crippen molar-refractivity contribution in [3.63, 3.8) is 0 Å². The van der Waals surface area contributed by atoms with Crippen LogP contribution in [0.15, 0.2) is 57.9 Å². The summed E-state index contributed by atoms with van der Waals surface area (Å²) in [4.78, 5) is 26.4. The lowest BCUT2D eigenvalue weighted by Gasteiger charge is -2.23. The summed E-state index contributed by atoms with van der Waals surface area (Å²) in [5.41, 5.74) is 1.49. The number of sulfonamides is 1. The Hall–Kier alpha value is -2.23. The lowest BCUT2D eigenvalue weighted by Crippen LogP contribution is -2.35. The van der Waals surface area contributed by atoms with E-state index in [1.807, 2.05) is 12.1 Å². The van der Waals surface area contributed by atoms with Crippen molar-refractivity contribution in [3.05, 3.63) is 64.1 Å². The number of benzene rings is 2. The second-order valence-electron chi connectivity index (χ2n) is 7.13. The number of carbonyl (C=O) groups is 2. The molecule has 0 saturated heterocycles. The number of nitrogens with one attached hydrogen (secondary N) is 2. The molecule has 2 N–H and O–H groups in total. The van der Waals surface area contributed by atoms with Crippen LogP contribution in [-0.2, 0) is 21.4 Å². The van der Waals surface area contributed by atoms with Gasteiger partial charge in [-0.2, -0.15) is 0 Å². The van der Waals surface area contributed by atoms with E-state index >= 15 is 0 Å². The van der Waals surface area contributed by atoms with Crippen LogP contribution in [0.25, 0.3) is 0 Å². The van der Waals surface area contributed by atoms with Gasteiger partial charge in [0, 0.05) is 42.6 Å². The van der Waals surface area contributed by atoms with Crippen LogP contribution in [0.1, 0.15) is 35.2 Å². The maximum absolute atomic E-state index is 12.7. The first-order chi connectivity index (χ1) is 14.3. The first-order valence-corrected chi connectivity index (χ1v) is 11.9. The normalized spacial score (nSPS) is 13.7. The maximum Gasteiger partial charge on any atom is 0.251 e. The molecule has 0 heterocycles. The molecule has 0 aliphatic heterocycles.